The molecule has 2 aromatic rings. The molecule has 2 aromatic carbocycles. The highest BCUT2D eigenvalue weighted by molar-refractivity contribution is 6.05. The molecule has 3 rings (SSSR count). The van der Waals surface area contributed by atoms with Gasteiger partial charge in [-0.2, -0.15) is 0 Å². The average Bonchev–Trinajstić information content (AvgIpc) is 3.02. The van der Waals surface area contributed by atoms with Crippen LogP contribution in [0.2, 0.25) is 0 Å². The highest BCUT2D eigenvalue weighted by atomic mass is 16.6. The molecule has 1 N–H and O–H groups in total. The van der Waals surface area contributed by atoms with Crippen molar-refractivity contribution in [1.82, 2.24) is 0 Å². The summed E-state index contributed by atoms with van der Waals surface area (Å²) < 4.78 is 9.62. The number of nitrogens with zero attached hydrogens (tertiary/aromatic N) is 2. The Morgan fingerprint density at radius 2 is 1.71 bits per heavy atom. The molecule has 0 unspecified atom stereocenters. The molecule has 9 heteroatoms. The number of carbonyl (C=O) groups excluding carboxylic acids is 2. The number of anilines is 3. The summed E-state index contributed by atoms with van der Waals surface area (Å²) in [5, 5.41) is 14.8. The number of rotatable bonds is 6. The molecule has 158 valence electrons. The number of hydrogen-bond donors (Lipinski definition) is 1. The van der Waals surface area contributed by atoms with Gasteiger partial charge in [0.25, 0.3) is 5.69 Å². The van der Waals surface area contributed by atoms with Crippen LogP contribution < -0.4 is 10.2 Å². The lowest BCUT2D eigenvalue weighted by Crippen LogP contribution is -2.27. The summed E-state index contributed by atoms with van der Waals surface area (Å²) >= 11 is 0. The number of ether oxygens (including phenoxy) is 2. The molecule has 9 nitrogen and oxygen atoms in total. The first-order chi connectivity index (χ1) is 15.0. The second-order valence-electron chi connectivity index (χ2n) is 6.27. The highest BCUT2D eigenvalue weighted by Crippen LogP contribution is 2.34. The van der Waals surface area contributed by atoms with Gasteiger partial charge in [-0.1, -0.05) is 24.3 Å². The topological polar surface area (TPSA) is 111 Å². The number of hydrogen-bond acceptors (Lipinski definition) is 8. The van der Waals surface area contributed by atoms with Crippen molar-refractivity contribution in [3.05, 3.63) is 94.3 Å². The number of benzene rings is 2. The monoisotopic (exact) mass is 421 g/mol. The van der Waals surface area contributed by atoms with Gasteiger partial charge in [-0.25, -0.2) is 9.59 Å². The highest BCUT2D eigenvalue weighted by Gasteiger charge is 2.28. The van der Waals surface area contributed by atoms with Gasteiger partial charge in [0.2, 0.25) is 0 Å². The summed E-state index contributed by atoms with van der Waals surface area (Å²) in [5.41, 5.74) is 0.850. The summed E-state index contributed by atoms with van der Waals surface area (Å²) in [6, 6.07) is 13.4. The first kappa shape index (κ1) is 21.3. The maximum Gasteiger partial charge on any atom is 0.355 e. The molecule has 0 spiro atoms. The fourth-order valence-electron chi connectivity index (χ4n) is 2.97. The minimum absolute atomic E-state index is 0.0477. The van der Waals surface area contributed by atoms with Gasteiger partial charge in [0.05, 0.1) is 30.4 Å². The zero-order chi connectivity index (χ0) is 22.4. The van der Waals surface area contributed by atoms with Gasteiger partial charge in [0.1, 0.15) is 11.4 Å². The van der Waals surface area contributed by atoms with E-state index in [1.807, 2.05) is 6.07 Å². The molecule has 1 aliphatic rings. The smallest absolute Gasteiger partial charge is 0.355 e. The van der Waals surface area contributed by atoms with Crippen LogP contribution in [0.5, 0.6) is 0 Å². The van der Waals surface area contributed by atoms with Crippen LogP contribution in [0.25, 0.3) is 0 Å². The number of esters is 2. The van der Waals surface area contributed by atoms with Crippen LogP contribution >= 0.6 is 0 Å². The van der Waals surface area contributed by atoms with E-state index in [1.165, 1.54) is 43.5 Å². The van der Waals surface area contributed by atoms with Gasteiger partial charge in [-0.05, 0) is 36.4 Å². The van der Waals surface area contributed by atoms with Gasteiger partial charge >= 0.3 is 11.9 Å². The van der Waals surface area contributed by atoms with Crippen LogP contribution in [-0.4, -0.2) is 31.1 Å². The molecule has 1 heterocycles. The first-order valence-electron chi connectivity index (χ1n) is 9.11. The van der Waals surface area contributed by atoms with E-state index in [0.717, 1.165) is 0 Å². The third kappa shape index (κ3) is 4.61. The maximum atomic E-state index is 12.5. The number of para-hydroxylation sites is 1. The molecule has 0 amide bonds. The second-order valence-corrected chi connectivity index (χ2v) is 6.27. The van der Waals surface area contributed by atoms with Gasteiger partial charge in [-0.15, -0.1) is 0 Å². The van der Waals surface area contributed by atoms with E-state index in [-0.39, 0.29) is 28.3 Å². The van der Waals surface area contributed by atoms with Crippen LogP contribution in [0.15, 0.2) is 84.2 Å². The third-order valence-electron chi connectivity index (χ3n) is 4.40. The normalized spacial score (nSPS) is 12.9. The Morgan fingerprint density at radius 1 is 1.00 bits per heavy atom. The van der Waals surface area contributed by atoms with Gasteiger partial charge in [0, 0.05) is 18.0 Å². The van der Waals surface area contributed by atoms with Crippen LogP contribution in [-0.2, 0) is 19.1 Å². The SMILES string of the molecule is COC(=O)C1=C(C(=O)OC)N(c2ccc(Nc3ccccc3)c([N+](=O)[O-])c2)C=CC=C1. The number of allylic oxidation sites excluding steroid dienone is 2. The lowest BCUT2D eigenvalue weighted by molar-refractivity contribution is -0.383. The summed E-state index contributed by atoms with van der Waals surface area (Å²) in [6.45, 7) is 0. The van der Waals surface area contributed by atoms with E-state index >= 15 is 0 Å². The zero-order valence-electron chi connectivity index (χ0n) is 16.8. The molecule has 0 radical (unpaired) electrons. The van der Waals surface area contributed by atoms with E-state index < -0.39 is 16.9 Å². The van der Waals surface area contributed by atoms with Gasteiger partial charge in [0.15, 0.2) is 0 Å². The molecular weight excluding hydrogens is 402 g/mol. The number of nitro benzene ring substituents is 1. The van der Waals surface area contributed by atoms with E-state index in [1.54, 1.807) is 42.5 Å². The Hall–Kier alpha value is -4.40. The van der Waals surface area contributed by atoms with Gasteiger partial charge in [-0.3, -0.25) is 10.1 Å². The minimum Gasteiger partial charge on any atom is -0.465 e. The molecule has 31 heavy (non-hydrogen) atoms. The van der Waals surface area contributed by atoms with Crippen molar-refractivity contribution in [1.29, 1.82) is 0 Å². The fourth-order valence-corrected chi connectivity index (χ4v) is 2.97. The number of carbonyl (C=O) groups is 2. The van der Waals surface area contributed by atoms with E-state index in [9.17, 15) is 19.7 Å². The number of nitro groups is 1. The minimum atomic E-state index is -0.800. The van der Waals surface area contributed by atoms with Crippen molar-refractivity contribution < 1.29 is 24.0 Å². The fraction of sp³-hybridized carbons (Fsp3) is 0.0909. The molecule has 0 saturated heterocycles. The Balaban J connectivity index is 2.11. The molecule has 0 aliphatic carbocycles. The summed E-state index contributed by atoms with van der Waals surface area (Å²) in [5.74, 6) is -1.55. The van der Waals surface area contributed by atoms with Crippen molar-refractivity contribution in [2.45, 2.75) is 0 Å². The third-order valence-corrected chi connectivity index (χ3v) is 4.40. The predicted octanol–water partition coefficient (Wildman–Crippen LogP) is 3.83. The average molecular weight is 421 g/mol. The van der Waals surface area contributed by atoms with Crippen molar-refractivity contribution in [2.24, 2.45) is 0 Å². The van der Waals surface area contributed by atoms with E-state index in [0.29, 0.717) is 5.69 Å². The van der Waals surface area contributed by atoms with Crippen molar-refractivity contribution in [3.63, 3.8) is 0 Å². The van der Waals surface area contributed by atoms with E-state index in [2.05, 4.69) is 5.32 Å². The lowest BCUT2D eigenvalue weighted by Gasteiger charge is -2.23. The molecule has 0 fully saturated rings. The molecule has 0 aromatic heterocycles. The zero-order valence-corrected chi connectivity index (χ0v) is 16.8. The first-order valence-corrected chi connectivity index (χ1v) is 9.11. The van der Waals surface area contributed by atoms with E-state index in [4.69, 9.17) is 9.47 Å². The quantitative estimate of drug-likeness (QED) is 0.426. The summed E-state index contributed by atoms with van der Waals surface area (Å²) in [7, 11) is 2.37. The lowest BCUT2D eigenvalue weighted by atomic mass is 10.1. The van der Waals surface area contributed by atoms with Crippen LogP contribution in [0, 0.1) is 10.1 Å². The largest absolute Gasteiger partial charge is 0.465 e. The predicted molar refractivity (Wildman–Crippen MR) is 115 cm³/mol. The van der Waals surface area contributed by atoms with Crippen LogP contribution in [0.1, 0.15) is 0 Å². The van der Waals surface area contributed by atoms with Crippen molar-refractivity contribution in [3.8, 4) is 0 Å². The molecule has 0 saturated carbocycles. The molecule has 0 bridgehead atoms. The standard InChI is InChI=1S/C22H19N3O6/c1-30-21(26)17-10-6-7-13-24(20(17)22(27)31-2)16-11-12-18(19(14-16)25(28)29)23-15-8-4-3-5-9-15/h3-14,23H,1-2H3. The summed E-state index contributed by atoms with van der Waals surface area (Å²) in [4.78, 5) is 37.3. The molecule has 1 aliphatic heterocycles. The summed E-state index contributed by atoms with van der Waals surface area (Å²) in [6.07, 6.45) is 6.05. The van der Waals surface area contributed by atoms with Gasteiger partial charge < -0.3 is 19.7 Å². The number of methoxy groups -OCH3 is 2. The second kappa shape index (κ2) is 9.40. The Kier molecular flexibility index (Phi) is 6.46. The molecule has 0 atom stereocenters. The Bertz CT molecular complexity index is 1110. The Labute approximate surface area is 178 Å². The molecular formula is C22H19N3O6. The van der Waals surface area contributed by atoms with Crippen molar-refractivity contribution >= 4 is 34.7 Å². The van der Waals surface area contributed by atoms with Crippen LogP contribution in [0.3, 0.4) is 0 Å². The van der Waals surface area contributed by atoms with Crippen molar-refractivity contribution in [2.75, 3.05) is 24.4 Å². The van der Waals surface area contributed by atoms with Crippen LogP contribution in [0.4, 0.5) is 22.7 Å². The maximum absolute atomic E-state index is 12.5. The Morgan fingerprint density at radius 3 is 2.35 bits per heavy atom. The number of nitrogens with one attached hydrogen (secondary N) is 1.